The van der Waals surface area contributed by atoms with Crippen LogP contribution in [-0.2, 0) is 9.84 Å². The van der Waals surface area contributed by atoms with Crippen LogP contribution in [0.25, 0.3) is 0 Å². The van der Waals surface area contributed by atoms with Gasteiger partial charge in [-0.2, -0.15) is 0 Å². The highest BCUT2D eigenvalue weighted by molar-refractivity contribution is 7.91. The zero-order chi connectivity index (χ0) is 13.1. The van der Waals surface area contributed by atoms with Crippen LogP contribution in [0.3, 0.4) is 0 Å². The molecule has 0 aliphatic rings. The molecule has 1 rings (SSSR count). The number of sulfone groups is 1. The Morgan fingerprint density at radius 3 is 2.29 bits per heavy atom. The zero-order valence-corrected chi connectivity index (χ0v) is 11.6. The summed E-state index contributed by atoms with van der Waals surface area (Å²) in [6.45, 7) is 1.60. The molecule has 17 heavy (non-hydrogen) atoms. The lowest BCUT2D eigenvalue weighted by Crippen LogP contribution is -2.15. The summed E-state index contributed by atoms with van der Waals surface area (Å²) in [5.74, 6) is 0.272. The highest BCUT2D eigenvalue weighted by Gasteiger charge is 2.11. The summed E-state index contributed by atoms with van der Waals surface area (Å²) < 4.78 is 27.8. The lowest BCUT2D eigenvalue weighted by atomic mass is 10.3. The first-order chi connectivity index (χ1) is 7.85. The molecule has 0 radical (unpaired) electrons. The van der Waals surface area contributed by atoms with Crippen LogP contribution in [0.1, 0.15) is 6.92 Å². The van der Waals surface area contributed by atoms with E-state index in [0.29, 0.717) is 5.69 Å². The van der Waals surface area contributed by atoms with Crippen LogP contribution in [-0.4, -0.2) is 26.5 Å². The van der Waals surface area contributed by atoms with Crippen LogP contribution in [0.5, 0.6) is 5.75 Å². The fraction of sp³-hybridized carbons (Fsp3) is 0.400. The standard InChI is InChI=1S/C10H13Cl2NO3S/c1-2-17(14,15)4-3-16-10-8(11)5-7(13)6-9(10)12/h5-6H,2-4,13H2,1H3. The first-order valence-corrected chi connectivity index (χ1v) is 7.51. The molecule has 0 atom stereocenters. The Labute approximate surface area is 111 Å². The molecule has 0 fully saturated rings. The SMILES string of the molecule is CCS(=O)(=O)CCOc1c(Cl)cc(N)cc1Cl. The van der Waals surface area contributed by atoms with Gasteiger partial charge in [0.1, 0.15) is 6.61 Å². The third kappa shape index (κ3) is 4.26. The third-order valence-corrected chi connectivity index (χ3v) is 4.33. The Balaban J connectivity index is 2.71. The average Bonchev–Trinajstić information content (AvgIpc) is 2.22. The van der Waals surface area contributed by atoms with Crippen molar-refractivity contribution in [3.63, 3.8) is 0 Å². The van der Waals surface area contributed by atoms with Gasteiger partial charge in [-0.1, -0.05) is 30.1 Å². The smallest absolute Gasteiger partial charge is 0.156 e. The Morgan fingerprint density at radius 1 is 1.29 bits per heavy atom. The maximum absolute atomic E-state index is 11.2. The van der Waals surface area contributed by atoms with Crippen molar-refractivity contribution in [2.24, 2.45) is 0 Å². The Bertz CT molecular complexity index is 479. The molecule has 0 amide bonds. The lowest BCUT2D eigenvalue weighted by Gasteiger charge is -2.10. The molecule has 0 saturated carbocycles. The van der Waals surface area contributed by atoms with Crippen molar-refractivity contribution in [2.45, 2.75) is 6.92 Å². The minimum atomic E-state index is -3.06. The molecule has 0 aliphatic carbocycles. The molecule has 0 aromatic heterocycles. The molecule has 2 N–H and O–H groups in total. The summed E-state index contributed by atoms with van der Waals surface area (Å²) in [6, 6.07) is 2.99. The number of benzene rings is 1. The normalized spacial score (nSPS) is 11.5. The van der Waals surface area contributed by atoms with Gasteiger partial charge in [-0.05, 0) is 12.1 Å². The van der Waals surface area contributed by atoms with E-state index in [1.807, 2.05) is 0 Å². The van der Waals surface area contributed by atoms with E-state index in [2.05, 4.69) is 0 Å². The van der Waals surface area contributed by atoms with Gasteiger partial charge in [0.05, 0.1) is 15.8 Å². The van der Waals surface area contributed by atoms with Crippen molar-refractivity contribution >= 4 is 38.7 Å². The summed E-state index contributed by atoms with van der Waals surface area (Å²) in [7, 11) is -3.06. The summed E-state index contributed by atoms with van der Waals surface area (Å²) in [4.78, 5) is 0. The van der Waals surface area contributed by atoms with E-state index in [-0.39, 0.29) is 33.9 Å². The molecule has 1 aromatic rings. The van der Waals surface area contributed by atoms with Crippen molar-refractivity contribution in [1.29, 1.82) is 0 Å². The van der Waals surface area contributed by atoms with Crippen LogP contribution in [0.4, 0.5) is 5.69 Å². The molecule has 7 heteroatoms. The molecule has 0 aliphatic heterocycles. The Kier molecular flexibility index (Phi) is 4.91. The predicted molar refractivity (Wildman–Crippen MR) is 70.7 cm³/mol. The Morgan fingerprint density at radius 2 is 1.82 bits per heavy atom. The van der Waals surface area contributed by atoms with E-state index in [1.54, 1.807) is 6.92 Å². The van der Waals surface area contributed by atoms with Gasteiger partial charge < -0.3 is 10.5 Å². The highest BCUT2D eigenvalue weighted by Crippen LogP contribution is 2.34. The number of ether oxygens (including phenoxy) is 1. The van der Waals surface area contributed by atoms with Crippen molar-refractivity contribution in [3.05, 3.63) is 22.2 Å². The molecule has 0 spiro atoms. The van der Waals surface area contributed by atoms with Crippen LogP contribution >= 0.6 is 23.2 Å². The maximum Gasteiger partial charge on any atom is 0.156 e. The lowest BCUT2D eigenvalue weighted by molar-refractivity contribution is 0.341. The number of anilines is 1. The molecule has 1 aromatic carbocycles. The summed E-state index contributed by atoms with van der Waals surface area (Å²) in [5.41, 5.74) is 5.95. The van der Waals surface area contributed by atoms with Crippen LogP contribution in [0, 0.1) is 0 Å². The van der Waals surface area contributed by atoms with Crippen molar-refractivity contribution in [2.75, 3.05) is 23.8 Å². The number of halogens is 2. The number of hydrogen-bond donors (Lipinski definition) is 1. The van der Waals surface area contributed by atoms with Crippen molar-refractivity contribution in [1.82, 2.24) is 0 Å². The first kappa shape index (κ1) is 14.4. The van der Waals surface area contributed by atoms with Gasteiger partial charge in [0.15, 0.2) is 15.6 Å². The molecule has 96 valence electrons. The summed E-state index contributed by atoms with van der Waals surface area (Å²) in [5, 5.41) is 0.535. The van der Waals surface area contributed by atoms with Crippen LogP contribution < -0.4 is 10.5 Å². The second-order valence-corrected chi connectivity index (χ2v) is 6.69. The monoisotopic (exact) mass is 297 g/mol. The van der Waals surface area contributed by atoms with Gasteiger partial charge >= 0.3 is 0 Å². The average molecular weight is 298 g/mol. The molecule has 0 heterocycles. The van der Waals surface area contributed by atoms with E-state index < -0.39 is 9.84 Å². The number of hydrogen-bond acceptors (Lipinski definition) is 4. The molecule has 4 nitrogen and oxygen atoms in total. The van der Waals surface area contributed by atoms with Gasteiger partial charge in [-0.15, -0.1) is 0 Å². The summed E-state index contributed by atoms with van der Waals surface area (Å²) >= 11 is 11.8. The van der Waals surface area contributed by atoms with E-state index >= 15 is 0 Å². The number of nitrogens with two attached hydrogens (primary N) is 1. The Hall–Kier alpha value is -0.650. The number of nitrogen functional groups attached to an aromatic ring is 1. The van der Waals surface area contributed by atoms with Gasteiger partial charge in [-0.3, -0.25) is 0 Å². The molecule has 0 saturated heterocycles. The second-order valence-electron chi connectivity index (χ2n) is 3.40. The van der Waals surface area contributed by atoms with Gasteiger partial charge in [-0.25, -0.2) is 8.42 Å². The van der Waals surface area contributed by atoms with Gasteiger partial charge in [0.25, 0.3) is 0 Å². The predicted octanol–water partition coefficient (Wildman–Crippen LogP) is 2.39. The molecule has 0 unspecified atom stereocenters. The minimum Gasteiger partial charge on any atom is -0.489 e. The van der Waals surface area contributed by atoms with Crippen LogP contribution in [0.15, 0.2) is 12.1 Å². The van der Waals surface area contributed by atoms with Gasteiger partial charge in [0.2, 0.25) is 0 Å². The fourth-order valence-electron chi connectivity index (χ4n) is 1.13. The largest absolute Gasteiger partial charge is 0.489 e. The second kappa shape index (κ2) is 5.80. The van der Waals surface area contributed by atoms with Crippen LogP contribution in [0.2, 0.25) is 10.0 Å². The fourth-order valence-corrected chi connectivity index (χ4v) is 2.37. The first-order valence-electron chi connectivity index (χ1n) is 4.93. The highest BCUT2D eigenvalue weighted by atomic mass is 35.5. The molecular formula is C10H13Cl2NO3S. The minimum absolute atomic E-state index is 0.0134. The zero-order valence-electron chi connectivity index (χ0n) is 9.24. The van der Waals surface area contributed by atoms with E-state index in [9.17, 15) is 8.42 Å². The molecule has 0 bridgehead atoms. The topological polar surface area (TPSA) is 69.4 Å². The van der Waals surface area contributed by atoms with Gasteiger partial charge in [0, 0.05) is 11.4 Å². The third-order valence-electron chi connectivity index (χ3n) is 2.10. The van der Waals surface area contributed by atoms with Crippen molar-refractivity contribution in [3.8, 4) is 5.75 Å². The van der Waals surface area contributed by atoms with E-state index in [4.69, 9.17) is 33.7 Å². The molecular weight excluding hydrogens is 285 g/mol. The van der Waals surface area contributed by atoms with E-state index in [0.717, 1.165) is 0 Å². The summed E-state index contributed by atoms with van der Waals surface area (Å²) in [6.07, 6.45) is 0. The number of rotatable bonds is 5. The maximum atomic E-state index is 11.2. The van der Waals surface area contributed by atoms with Crippen molar-refractivity contribution < 1.29 is 13.2 Å². The van der Waals surface area contributed by atoms with E-state index in [1.165, 1.54) is 12.1 Å². The quantitative estimate of drug-likeness (QED) is 0.847.